The van der Waals surface area contributed by atoms with Gasteiger partial charge in [0.15, 0.2) is 5.15 Å². The van der Waals surface area contributed by atoms with Crippen LogP contribution in [0.25, 0.3) is 0 Å². The third-order valence-corrected chi connectivity index (χ3v) is 3.68. The molecule has 37 heavy (non-hydrogen) atoms. The molecule has 0 bridgehead atoms. The lowest BCUT2D eigenvalue weighted by atomic mass is 10.2. The van der Waals surface area contributed by atoms with E-state index < -0.39 is 11.6 Å². The Bertz CT molecular complexity index is 758. The standard InChI is InChI=1S/C11H24N4O2.C8H7ClN2O3.3C2H6/c1-5-14(8-9-15(13)7-6-12)10(16)17-11(2,3)4;1-14-8(13)6-3-2-5(10-4-12)7(9)11-6;3*1-2/h6-7H,5,8-9,12-13H2,1-4H3;2-4H,1H3,(H,10,12);3*1-2H3/b7-6-;;;;. The molecule has 12 heteroatoms. The maximum atomic E-state index is 11.8. The lowest BCUT2D eigenvalue weighted by Gasteiger charge is -2.27. The second-order valence-corrected chi connectivity index (χ2v) is 7.29. The van der Waals surface area contributed by atoms with E-state index in [0.29, 0.717) is 31.7 Å². The van der Waals surface area contributed by atoms with Crippen molar-refractivity contribution >= 4 is 35.8 Å². The van der Waals surface area contributed by atoms with Crippen LogP contribution in [0.15, 0.2) is 24.5 Å². The van der Waals surface area contributed by atoms with Crippen molar-refractivity contribution in [2.24, 2.45) is 11.6 Å². The number of carbonyl (C=O) groups excluding carboxylic acids is 3. The third kappa shape index (κ3) is 21.9. The molecule has 0 spiro atoms. The lowest BCUT2D eigenvalue weighted by Crippen LogP contribution is -2.41. The topological polar surface area (TPSA) is 153 Å². The molecular formula is C25H49ClN6O5. The Kier molecular flexibility index (Phi) is 28.9. The fourth-order valence-electron chi connectivity index (χ4n) is 1.95. The summed E-state index contributed by atoms with van der Waals surface area (Å²) in [6.07, 6.45) is 3.04. The SMILES string of the molecule is CC.CC.CC.CCN(CCN(N)/C=C\N)C(=O)OC(C)(C)C.COC(=O)c1ccc(NC=O)c(Cl)n1. The average Bonchev–Trinajstić information content (AvgIpc) is 2.88. The summed E-state index contributed by atoms with van der Waals surface area (Å²) in [5.41, 5.74) is 5.16. The number of rotatable bonds is 8. The van der Waals surface area contributed by atoms with Crippen LogP contribution in [0.1, 0.15) is 79.7 Å². The van der Waals surface area contributed by atoms with Gasteiger partial charge in [0.05, 0.1) is 19.3 Å². The summed E-state index contributed by atoms with van der Waals surface area (Å²) in [5.74, 6) is 5.02. The van der Waals surface area contributed by atoms with Crippen LogP contribution in [-0.2, 0) is 14.3 Å². The molecule has 5 N–H and O–H groups in total. The Morgan fingerprint density at radius 1 is 1.11 bits per heavy atom. The summed E-state index contributed by atoms with van der Waals surface area (Å²) < 4.78 is 9.71. The number of likely N-dealkylation sites (N-methyl/N-ethyl adjacent to an activating group) is 1. The molecule has 0 saturated carbocycles. The molecule has 1 aromatic rings. The molecule has 0 fully saturated rings. The molecule has 1 rings (SSSR count). The summed E-state index contributed by atoms with van der Waals surface area (Å²) in [5, 5.41) is 3.80. The molecule has 0 atom stereocenters. The summed E-state index contributed by atoms with van der Waals surface area (Å²) >= 11 is 5.67. The van der Waals surface area contributed by atoms with E-state index >= 15 is 0 Å². The van der Waals surface area contributed by atoms with E-state index in [9.17, 15) is 14.4 Å². The van der Waals surface area contributed by atoms with Crippen LogP contribution in [-0.4, -0.2) is 65.7 Å². The van der Waals surface area contributed by atoms with Gasteiger partial charge in [-0.2, -0.15) is 0 Å². The van der Waals surface area contributed by atoms with E-state index in [1.165, 1.54) is 30.5 Å². The summed E-state index contributed by atoms with van der Waals surface area (Å²) in [6, 6.07) is 2.87. The quantitative estimate of drug-likeness (QED) is 0.133. The molecule has 0 aromatic carbocycles. The third-order valence-electron chi connectivity index (χ3n) is 3.40. The number of anilines is 1. The number of nitrogens with one attached hydrogen (secondary N) is 1. The van der Waals surface area contributed by atoms with Gasteiger partial charge >= 0.3 is 12.1 Å². The highest BCUT2D eigenvalue weighted by atomic mass is 35.5. The first kappa shape index (κ1) is 41.1. The Hall–Kier alpha value is -3.05. The minimum atomic E-state index is -0.579. The predicted octanol–water partition coefficient (Wildman–Crippen LogP) is 5.02. The smallest absolute Gasteiger partial charge is 0.410 e. The van der Waals surface area contributed by atoms with Gasteiger partial charge in [-0.25, -0.2) is 20.4 Å². The Balaban J connectivity index is -0.000000247. The van der Waals surface area contributed by atoms with Crippen molar-refractivity contribution in [3.05, 3.63) is 35.4 Å². The van der Waals surface area contributed by atoms with Gasteiger partial charge in [-0.05, 0) is 39.8 Å². The number of methoxy groups -OCH3 is 1. The van der Waals surface area contributed by atoms with Gasteiger partial charge in [-0.1, -0.05) is 53.1 Å². The Labute approximate surface area is 228 Å². The normalized spacial score (nSPS) is 9.32. The van der Waals surface area contributed by atoms with Crippen molar-refractivity contribution in [1.29, 1.82) is 0 Å². The zero-order chi connectivity index (χ0) is 30.0. The minimum Gasteiger partial charge on any atom is -0.464 e. The number of hydrogen-bond acceptors (Lipinski definition) is 9. The van der Waals surface area contributed by atoms with Crippen molar-refractivity contribution in [2.75, 3.05) is 32.1 Å². The lowest BCUT2D eigenvalue weighted by molar-refractivity contribution is -0.105. The minimum absolute atomic E-state index is 0.0417. The van der Waals surface area contributed by atoms with Crippen molar-refractivity contribution in [3.63, 3.8) is 0 Å². The molecule has 11 nitrogen and oxygen atoms in total. The van der Waals surface area contributed by atoms with Gasteiger partial charge in [-0.3, -0.25) is 4.79 Å². The van der Waals surface area contributed by atoms with E-state index in [2.05, 4.69) is 15.0 Å². The molecule has 0 aliphatic heterocycles. The van der Waals surface area contributed by atoms with Crippen LogP contribution < -0.4 is 16.9 Å². The van der Waals surface area contributed by atoms with E-state index in [-0.39, 0.29) is 16.9 Å². The molecule has 0 radical (unpaired) electrons. The van der Waals surface area contributed by atoms with Crippen LogP contribution in [0.2, 0.25) is 5.15 Å². The maximum Gasteiger partial charge on any atom is 0.410 e. The maximum absolute atomic E-state index is 11.8. The van der Waals surface area contributed by atoms with E-state index in [1.54, 1.807) is 11.1 Å². The molecule has 0 aliphatic carbocycles. The average molecular weight is 549 g/mol. The van der Waals surface area contributed by atoms with E-state index in [1.807, 2.05) is 69.2 Å². The van der Waals surface area contributed by atoms with Crippen LogP contribution in [0.3, 0.4) is 0 Å². The molecule has 1 heterocycles. The predicted molar refractivity (Wildman–Crippen MR) is 152 cm³/mol. The number of halogens is 1. The first-order valence-corrected chi connectivity index (χ1v) is 12.7. The van der Waals surface area contributed by atoms with Crippen molar-refractivity contribution < 1.29 is 23.9 Å². The number of nitrogens with zero attached hydrogens (tertiary/aromatic N) is 3. The van der Waals surface area contributed by atoms with Crippen LogP contribution in [0, 0.1) is 0 Å². The van der Waals surface area contributed by atoms with Crippen LogP contribution in [0.5, 0.6) is 0 Å². The zero-order valence-electron chi connectivity index (χ0n) is 24.4. The van der Waals surface area contributed by atoms with Crippen molar-refractivity contribution in [2.45, 2.75) is 74.8 Å². The second kappa shape index (κ2) is 26.0. The first-order chi connectivity index (χ1) is 17.5. The molecule has 1 aromatic heterocycles. The molecule has 0 saturated heterocycles. The monoisotopic (exact) mass is 548 g/mol. The Morgan fingerprint density at radius 2 is 1.65 bits per heavy atom. The number of carbonyl (C=O) groups is 3. The van der Waals surface area contributed by atoms with E-state index in [4.69, 9.17) is 27.9 Å². The van der Waals surface area contributed by atoms with Gasteiger partial charge in [0, 0.05) is 25.5 Å². The number of pyridine rings is 1. The highest BCUT2D eigenvalue weighted by molar-refractivity contribution is 6.32. The Morgan fingerprint density at radius 3 is 2.03 bits per heavy atom. The fourth-order valence-corrected chi connectivity index (χ4v) is 2.16. The van der Waals surface area contributed by atoms with Crippen LogP contribution in [0.4, 0.5) is 10.5 Å². The number of ether oxygens (including phenoxy) is 2. The van der Waals surface area contributed by atoms with Crippen molar-refractivity contribution in [3.8, 4) is 0 Å². The van der Waals surface area contributed by atoms with Crippen LogP contribution >= 0.6 is 11.6 Å². The van der Waals surface area contributed by atoms with Gasteiger partial charge in [0.25, 0.3) is 0 Å². The van der Waals surface area contributed by atoms with Gasteiger partial charge in [0.2, 0.25) is 6.41 Å². The first-order valence-electron chi connectivity index (χ1n) is 12.3. The van der Waals surface area contributed by atoms with Gasteiger partial charge < -0.3 is 30.4 Å². The molecule has 2 amide bonds. The largest absolute Gasteiger partial charge is 0.464 e. The summed E-state index contributed by atoms with van der Waals surface area (Å²) in [6.45, 7) is 21.0. The molecule has 216 valence electrons. The number of amides is 2. The number of hydrogen-bond donors (Lipinski definition) is 3. The summed E-state index contributed by atoms with van der Waals surface area (Å²) in [7, 11) is 1.25. The number of hydrazine groups is 1. The van der Waals surface area contributed by atoms with Gasteiger partial charge in [0.1, 0.15) is 11.3 Å². The molecule has 0 aliphatic rings. The molecule has 0 unspecified atom stereocenters. The number of aromatic nitrogens is 1. The zero-order valence-corrected chi connectivity index (χ0v) is 25.2. The fraction of sp³-hybridized carbons (Fsp3) is 0.600. The van der Waals surface area contributed by atoms with E-state index in [0.717, 1.165) is 0 Å². The number of nitrogens with two attached hydrogens (primary N) is 2. The summed E-state index contributed by atoms with van der Waals surface area (Å²) in [4.78, 5) is 38.2. The molecular weight excluding hydrogens is 500 g/mol. The highest BCUT2D eigenvalue weighted by Gasteiger charge is 2.20. The second-order valence-electron chi connectivity index (χ2n) is 6.93. The van der Waals surface area contributed by atoms with Gasteiger partial charge in [-0.15, -0.1) is 0 Å². The highest BCUT2D eigenvalue weighted by Crippen LogP contribution is 2.18. The number of esters is 1. The van der Waals surface area contributed by atoms with Crippen molar-refractivity contribution in [1.82, 2.24) is 14.9 Å².